The second-order valence-corrected chi connectivity index (χ2v) is 8.88. The molecular weight excluding hydrogens is 515 g/mol. The first-order chi connectivity index (χ1) is 17.4. The summed E-state index contributed by atoms with van der Waals surface area (Å²) in [5.41, 5.74) is 0. The number of carbonyl (C=O) groups is 6. The molecule has 2 saturated heterocycles. The molecular formula is C23H39LiN4O11. The third-order valence-corrected chi connectivity index (χ3v) is 6.60. The zero-order valence-corrected chi connectivity index (χ0v) is 23.2. The molecule has 39 heavy (non-hydrogen) atoms. The van der Waals surface area contributed by atoms with Crippen molar-refractivity contribution in [3.8, 4) is 0 Å². The van der Waals surface area contributed by atoms with Gasteiger partial charge >= 0.3 is 37.0 Å². The van der Waals surface area contributed by atoms with Crippen molar-refractivity contribution < 1.29 is 72.8 Å². The number of alkyl carbamates (subject to hydrolysis) is 2. The Morgan fingerprint density at radius 2 is 1.10 bits per heavy atom. The van der Waals surface area contributed by atoms with Gasteiger partial charge in [-0.05, 0) is 37.5 Å². The van der Waals surface area contributed by atoms with Crippen molar-refractivity contribution >= 4 is 35.8 Å². The van der Waals surface area contributed by atoms with Crippen molar-refractivity contribution in [2.75, 3.05) is 47.0 Å². The van der Waals surface area contributed by atoms with Crippen molar-refractivity contribution in [3.63, 3.8) is 0 Å². The van der Waals surface area contributed by atoms with Crippen LogP contribution in [0.3, 0.4) is 0 Å². The maximum absolute atomic E-state index is 11.7. The summed E-state index contributed by atoms with van der Waals surface area (Å²) >= 11 is 0. The molecule has 4 amide bonds. The molecule has 0 spiro atoms. The van der Waals surface area contributed by atoms with Crippen molar-refractivity contribution in [2.45, 2.75) is 51.6 Å². The van der Waals surface area contributed by atoms with Gasteiger partial charge in [0.15, 0.2) is 5.78 Å². The van der Waals surface area contributed by atoms with Gasteiger partial charge in [-0.3, -0.25) is 14.4 Å². The van der Waals surface area contributed by atoms with E-state index in [0.717, 1.165) is 0 Å². The van der Waals surface area contributed by atoms with E-state index in [1.165, 1.54) is 28.1 Å². The third-order valence-electron chi connectivity index (χ3n) is 6.60. The van der Waals surface area contributed by atoms with Gasteiger partial charge < -0.3 is 45.6 Å². The van der Waals surface area contributed by atoms with Gasteiger partial charge in [-0.15, -0.1) is 0 Å². The number of ether oxygens (including phenoxy) is 2. The molecule has 0 aromatic heterocycles. The molecule has 0 aromatic carbocycles. The number of carbonyl (C=O) groups excluding carboxylic acids is 5. The molecule has 2 heterocycles. The van der Waals surface area contributed by atoms with Crippen LogP contribution in [0.15, 0.2) is 0 Å². The van der Waals surface area contributed by atoms with Gasteiger partial charge in [0.25, 0.3) is 0 Å². The Morgan fingerprint density at radius 1 is 0.769 bits per heavy atom. The fourth-order valence-corrected chi connectivity index (χ4v) is 4.41. The minimum atomic E-state index is -1.08. The molecule has 5 N–H and O–H groups in total. The zero-order valence-electron chi connectivity index (χ0n) is 23.2. The van der Waals surface area contributed by atoms with Gasteiger partial charge in [-0.1, -0.05) is 0 Å². The largest absolute Gasteiger partial charge is 1.00 e. The van der Waals surface area contributed by atoms with Crippen LogP contribution in [-0.4, -0.2) is 120 Å². The van der Waals surface area contributed by atoms with E-state index < -0.39 is 42.6 Å². The second-order valence-electron chi connectivity index (χ2n) is 8.88. The number of Topliss-reactive ketones (excluding diaryl/α,β-unsaturated/α-hetero) is 1. The Labute approximate surface area is 239 Å². The van der Waals surface area contributed by atoms with Crippen LogP contribution >= 0.6 is 0 Å². The van der Waals surface area contributed by atoms with E-state index in [4.69, 9.17) is 10.2 Å². The standard InChI is InChI=1S/C12H20N2O5.C11H18N2O5.Li.H2O/c1-8(16)14-5-3-9(4-6-14)11(10(17)7-15)13-12(18)19-2;1-7(14)13-5-3-8(4-6-13)9(10(15)16)12-11(17)18-2;;/h9,11,15H,3-7H2,1-2H3,(H,13,18);8-9H,3-6H2,1-2H3,(H,12,17)(H,15,16);;1H2/q;;+1;/p-1/t11-;9-;;/m00../s1. The molecule has 0 radical (unpaired) electrons. The van der Waals surface area contributed by atoms with Gasteiger partial charge in [-0.2, -0.15) is 0 Å². The number of nitrogens with zero attached hydrogens (tertiary/aromatic N) is 2. The van der Waals surface area contributed by atoms with Gasteiger partial charge in [0.2, 0.25) is 11.8 Å². The molecule has 0 saturated carbocycles. The number of ketones is 1. The maximum Gasteiger partial charge on any atom is 1.00 e. The monoisotopic (exact) mass is 554 g/mol. The number of likely N-dealkylation sites (tertiary alicyclic amines) is 2. The van der Waals surface area contributed by atoms with Crippen LogP contribution < -0.4 is 29.5 Å². The molecule has 2 aliphatic rings. The first-order valence-electron chi connectivity index (χ1n) is 12.0. The second kappa shape index (κ2) is 19.2. The molecule has 2 fully saturated rings. The molecule has 2 atom stereocenters. The number of hydrogen-bond acceptors (Lipinski definition) is 10. The number of piperidine rings is 2. The number of carboxylic acids is 1. The van der Waals surface area contributed by atoms with E-state index in [1.807, 2.05) is 0 Å². The summed E-state index contributed by atoms with van der Waals surface area (Å²) in [6.07, 6.45) is 0.887. The molecule has 16 heteroatoms. The number of aliphatic hydroxyl groups is 1. The minimum Gasteiger partial charge on any atom is -0.870 e. The minimum absolute atomic E-state index is 0. The van der Waals surface area contributed by atoms with E-state index in [-0.39, 0.29) is 48.0 Å². The van der Waals surface area contributed by atoms with Gasteiger partial charge in [0, 0.05) is 40.0 Å². The van der Waals surface area contributed by atoms with Crippen LogP contribution in [0.2, 0.25) is 0 Å². The number of carboxylic acid groups (broad SMARTS) is 1. The van der Waals surface area contributed by atoms with E-state index in [9.17, 15) is 28.8 Å². The van der Waals surface area contributed by atoms with E-state index in [2.05, 4.69) is 20.1 Å². The molecule has 218 valence electrons. The smallest absolute Gasteiger partial charge is 0.870 e. The molecule has 0 bridgehead atoms. The average molecular weight is 555 g/mol. The summed E-state index contributed by atoms with van der Waals surface area (Å²) in [6.45, 7) is 4.52. The van der Waals surface area contributed by atoms with Gasteiger partial charge in [0.1, 0.15) is 12.6 Å². The molecule has 0 unspecified atom stereocenters. The Balaban J connectivity index is 0. The van der Waals surface area contributed by atoms with Crippen molar-refractivity contribution in [1.29, 1.82) is 0 Å². The summed E-state index contributed by atoms with van der Waals surface area (Å²) in [6, 6.07) is -1.72. The van der Waals surface area contributed by atoms with Gasteiger partial charge in [-0.25, -0.2) is 14.4 Å². The van der Waals surface area contributed by atoms with Crippen LogP contribution in [0.1, 0.15) is 39.5 Å². The zero-order chi connectivity index (χ0) is 28.1. The topological polar surface area (TPSA) is 222 Å². The van der Waals surface area contributed by atoms with Crippen LogP contribution in [0.25, 0.3) is 0 Å². The molecule has 0 aromatic rings. The SMILES string of the molecule is COC(=O)N[C@H](C(=O)CO)C1CCN(C(C)=O)CC1.COC(=O)N[C@H](C(=O)O)C1CCN(C(C)=O)CC1.[Li+].[OH-]. The number of amides is 4. The summed E-state index contributed by atoms with van der Waals surface area (Å²) in [4.78, 5) is 70.8. The van der Waals surface area contributed by atoms with Crippen molar-refractivity contribution in [3.05, 3.63) is 0 Å². The Bertz CT molecular complexity index is 829. The first-order valence-corrected chi connectivity index (χ1v) is 12.0. The number of methoxy groups -OCH3 is 2. The van der Waals surface area contributed by atoms with Gasteiger partial charge in [0.05, 0.1) is 20.3 Å². The van der Waals surface area contributed by atoms with Crippen LogP contribution in [0, 0.1) is 11.8 Å². The summed E-state index contributed by atoms with van der Waals surface area (Å²) in [5.74, 6) is -1.80. The number of aliphatic hydroxyl groups excluding tert-OH is 1. The number of hydrogen-bond donors (Lipinski definition) is 4. The number of rotatable bonds is 7. The first kappa shape index (κ1) is 38.3. The maximum atomic E-state index is 11.7. The van der Waals surface area contributed by atoms with E-state index in [0.29, 0.717) is 51.9 Å². The molecule has 2 rings (SSSR count). The Kier molecular flexibility index (Phi) is 18.9. The van der Waals surface area contributed by atoms with Crippen LogP contribution in [0.5, 0.6) is 0 Å². The van der Waals surface area contributed by atoms with Crippen molar-refractivity contribution in [1.82, 2.24) is 20.4 Å². The predicted molar refractivity (Wildman–Crippen MR) is 130 cm³/mol. The fourth-order valence-electron chi connectivity index (χ4n) is 4.41. The summed E-state index contributed by atoms with van der Waals surface area (Å²) in [7, 11) is 2.40. The van der Waals surface area contributed by atoms with E-state index >= 15 is 0 Å². The Morgan fingerprint density at radius 3 is 1.38 bits per heavy atom. The van der Waals surface area contributed by atoms with E-state index in [1.54, 1.807) is 9.80 Å². The van der Waals surface area contributed by atoms with Crippen LogP contribution in [-0.2, 0) is 28.7 Å². The third kappa shape index (κ3) is 12.7. The average Bonchev–Trinajstić information content (AvgIpc) is 2.89. The number of nitrogens with one attached hydrogen (secondary N) is 2. The molecule has 0 aliphatic carbocycles. The van der Waals surface area contributed by atoms with Crippen LogP contribution in [0.4, 0.5) is 9.59 Å². The Hall–Kier alpha value is -2.86. The summed E-state index contributed by atoms with van der Waals surface area (Å²) in [5, 5.41) is 22.8. The quantitative estimate of drug-likeness (QED) is 0.225. The van der Waals surface area contributed by atoms with Crippen molar-refractivity contribution in [2.24, 2.45) is 11.8 Å². The molecule has 2 aliphatic heterocycles. The molecule has 15 nitrogen and oxygen atoms in total. The predicted octanol–water partition coefficient (Wildman–Crippen LogP) is -3.59. The summed E-state index contributed by atoms with van der Waals surface area (Å²) < 4.78 is 8.88. The fraction of sp³-hybridized carbons (Fsp3) is 0.739. The normalized spacial score (nSPS) is 16.9. The number of aliphatic carboxylic acids is 1.